The first-order valence-corrected chi connectivity index (χ1v) is 14.8. The lowest BCUT2D eigenvalue weighted by atomic mass is 9.66. The van der Waals surface area contributed by atoms with Crippen LogP contribution in [0.1, 0.15) is 136 Å². The maximum atomic E-state index is 10.9. The summed E-state index contributed by atoms with van der Waals surface area (Å²) in [6.45, 7) is 4.53. The van der Waals surface area contributed by atoms with Crippen LogP contribution < -0.4 is 0 Å². The van der Waals surface area contributed by atoms with Crippen molar-refractivity contribution in [3.8, 4) is 0 Å². The zero-order valence-corrected chi connectivity index (χ0v) is 22.8. The second-order valence-electron chi connectivity index (χ2n) is 10.7. The third kappa shape index (κ3) is 15.2. The van der Waals surface area contributed by atoms with Gasteiger partial charge in [-0.25, -0.2) is 0 Å². The van der Waals surface area contributed by atoms with Gasteiger partial charge in [-0.05, 0) is 68.6 Å². The van der Waals surface area contributed by atoms with Crippen LogP contribution >= 0.6 is 0 Å². The summed E-state index contributed by atoms with van der Waals surface area (Å²) in [5.74, 6) is 1.07. The lowest BCUT2D eigenvalue weighted by Crippen LogP contribution is -2.30. The van der Waals surface area contributed by atoms with Crippen LogP contribution in [-0.4, -0.2) is 22.2 Å². The molecule has 0 saturated carbocycles. The van der Waals surface area contributed by atoms with Gasteiger partial charge in [0.05, 0.1) is 0 Å². The molecule has 4 nitrogen and oxygen atoms in total. The predicted octanol–water partition coefficient (Wildman–Crippen LogP) is 9.20. The minimum absolute atomic E-state index is 0.282. The number of aliphatic carboxylic acids is 2. The molecule has 0 amide bonds. The number of allylic oxidation sites excluding steroid dienone is 4. The molecule has 1 aliphatic rings. The van der Waals surface area contributed by atoms with Crippen LogP contribution in [0.2, 0.25) is 0 Å². The second kappa shape index (κ2) is 20.6. The molecule has 35 heavy (non-hydrogen) atoms. The number of hydrogen-bond acceptors (Lipinski definition) is 2. The maximum absolute atomic E-state index is 10.9. The van der Waals surface area contributed by atoms with Crippen molar-refractivity contribution in [2.45, 2.75) is 136 Å². The Morgan fingerprint density at radius 3 is 1.83 bits per heavy atom. The van der Waals surface area contributed by atoms with Gasteiger partial charge < -0.3 is 10.2 Å². The quantitative estimate of drug-likeness (QED) is 0.117. The predicted molar refractivity (Wildman–Crippen MR) is 147 cm³/mol. The van der Waals surface area contributed by atoms with Crippen LogP contribution in [-0.2, 0) is 9.59 Å². The van der Waals surface area contributed by atoms with Gasteiger partial charge in [0, 0.05) is 12.8 Å². The van der Waals surface area contributed by atoms with Crippen LogP contribution in [0.4, 0.5) is 0 Å². The van der Waals surface area contributed by atoms with Crippen molar-refractivity contribution in [1.82, 2.24) is 0 Å². The lowest BCUT2D eigenvalue weighted by molar-refractivity contribution is -0.138. The van der Waals surface area contributed by atoms with Crippen molar-refractivity contribution in [3.63, 3.8) is 0 Å². The van der Waals surface area contributed by atoms with Gasteiger partial charge in [0.25, 0.3) is 0 Å². The maximum Gasteiger partial charge on any atom is 0.303 e. The van der Waals surface area contributed by atoms with E-state index >= 15 is 0 Å². The topological polar surface area (TPSA) is 74.6 Å². The number of carbonyl (C=O) groups is 2. The molecule has 4 heteroatoms. The van der Waals surface area contributed by atoms with Crippen LogP contribution in [0.5, 0.6) is 0 Å². The highest BCUT2D eigenvalue weighted by molar-refractivity contribution is 5.66. The monoisotopic (exact) mass is 490 g/mol. The van der Waals surface area contributed by atoms with Crippen molar-refractivity contribution in [1.29, 1.82) is 0 Å². The highest BCUT2D eigenvalue weighted by Gasteiger charge is 2.33. The van der Waals surface area contributed by atoms with Gasteiger partial charge >= 0.3 is 11.9 Å². The second-order valence-corrected chi connectivity index (χ2v) is 10.7. The van der Waals surface area contributed by atoms with Crippen molar-refractivity contribution in [2.75, 3.05) is 0 Å². The molecule has 0 heterocycles. The van der Waals surface area contributed by atoms with Crippen LogP contribution in [0.25, 0.3) is 0 Å². The third-order valence-electron chi connectivity index (χ3n) is 7.72. The minimum atomic E-state index is -0.689. The Labute approximate surface area is 215 Å². The molecule has 0 aromatic carbocycles. The average molecular weight is 491 g/mol. The first-order chi connectivity index (χ1) is 17.0. The Balaban J connectivity index is 2.82. The van der Waals surface area contributed by atoms with E-state index in [0.29, 0.717) is 23.7 Å². The Bertz CT molecular complexity index is 609. The van der Waals surface area contributed by atoms with Gasteiger partial charge in [-0.3, -0.25) is 9.59 Å². The molecule has 0 spiro atoms. The van der Waals surface area contributed by atoms with Gasteiger partial charge in [0.1, 0.15) is 0 Å². The van der Waals surface area contributed by atoms with Crippen molar-refractivity contribution in [3.05, 3.63) is 24.3 Å². The molecule has 1 rings (SSSR count). The molecular weight excluding hydrogens is 436 g/mol. The smallest absolute Gasteiger partial charge is 0.303 e. The van der Waals surface area contributed by atoms with Gasteiger partial charge in [0.15, 0.2) is 0 Å². The molecule has 202 valence electrons. The van der Waals surface area contributed by atoms with E-state index in [-0.39, 0.29) is 12.8 Å². The van der Waals surface area contributed by atoms with Crippen LogP contribution in [0, 0.1) is 23.7 Å². The van der Waals surface area contributed by atoms with Gasteiger partial charge in [-0.2, -0.15) is 0 Å². The summed E-state index contributed by atoms with van der Waals surface area (Å²) in [4.78, 5) is 21.7. The minimum Gasteiger partial charge on any atom is -0.481 e. The molecule has 2 N–H and O–H groups in total. The molecule has 0 aromatic rings. The zero-order valence-electron chi connectivity index (χ0n) is 22.8. The van der Waals surface area contributed by atoms with E-state index in [9.17, 15) is 9.59 Å². The van der Waals surface area contributed by atoms with E-state index < -0.39 is 11.9 Å². The van der Waals surface area contributed by atoms with Crippen LogP contribution in [0.15, 0.2) is 24.3 Å². The Kier molecular flexibility index (Phi) is 18.5. The molecule has 4 unspecified atom stereocenters. The Morgan fingerprint density at radius 1 is 0.657 bits per heavy atom. The highest BCUT2D eigenvalue weighted by atomic mass is 16.4. The fraction of sp³-hybridized carbons (Fsp3) is 0.806. The SMILES string of the molecule is CCCCC/C=C/C1C(CCCCC)C=CC(CCCCCCC(=O)O)C1CCCCCC(=O)O. The van der Waals surface area contributed by atoms with Gasteiger partial charge in [-0.1, -0.05) is 102 Å². The molecule has 0 aromatic heterocycles. The summed E-state index contributed by atoms with van der Waals surface area (Å²) in [5.41, 5.74) is 0. The first-order valence-electron chi connectivity index (χ1n) is 14.8. The number of carboxylic acids is 2. The van der Waals surface area contributed by atoms with E-state index in [1.165, 1.54) is 64.2 Å². The van der Waals surface area contributed by atoms with E-state index in [1.807, 2.05) is 0 Å². The van der Waals surface area contributed by atoms with Crippen molar-refractivity contribution in [2.24, 2.45) is 23.7 Å². The molecule has 1 aliphatic carbocycles. The van der Waals surface area contributed by atoms with Crippen LogP contribution in [0.3, 0.4) is 0 Å². The van der Waals surface area contributed by atoms with Gasteiger partial charge in [-0.15, -0.1) is 0 Å². The van der Waals surface area contributed by atoms with Crippen molar-refractivity contribution < 1.29 is 19.8 Å². The van der Waals surface area contributed by atoms with E-state index in [0.717, 1.165) is 44.9 Å². The standard InChI is InChI=1S/C31H54O4/c1-3-5-7-8-14-20-28-26(18-12-6-4-2)24-25-27(19-13-9-10-16-22-30(32)33)29(28)21-15-11-17-23-31(34)35/h14,20,24-29H,3-13,15-19,21-23H2,1-2H3,(H,32,33)(H,34,35)/b20-14+. The van der Waals surface area contributed by atoms with Gasteiger partial charge in [0.2, 0.25) is 0 Å². The molecule has 0 aliphatic heterocycles. The molecule has 0 radical (unpaired) electrons. The lowest BCUT2D eigenvalue weighted by Gasteiger charge is -2.39. The molecule has 0 fully saturated rings. The summed E-state index contributed by atoms with van der Waals surface area (Å²) < 4.78 is 0. The highest BCUT2D eigenvalue weighted by Crippen LogP contribution is 2.43. The molecule has 4 atom stereocenters. The summed E-state index contributed by atoms with van der Waals surface area (Å²) in [6, 6.07) is 0. The fourth-order valence-corrected chi connectivity index (χ4v) is 5.69. The third-order valence-corrected chi connectivity index (χ3v) is 7.72. The number of hydrogen-bond donors (Lipinski definition) is 2. The fourth-order valence-electron chi connectivity index (χ4n) is 5.69. The average Bonchev–Trinajstić information content (AvgIpc) is 2.82. The normalized spacial score (nSPS) is 22.1. The van der Waals surface area contributed by atoms with E-state index in [4.69, 9.17) is 10.2 Å². The summed E-state index contributed by atoms with van der Waals surface area (Å²) in [5, 5.41) is 17.8. The van der Waals surface area contributed by atoms with E-state index in [1.54, 1.807) is 0 Å². The Hall–Kier alpha value is -1.58. The number of unbranched alkanes of at least 4 members (excludes halogenated alkanes) is 10. The zero-order chi connectivity index (χ0) is 25.7. The van der Waals surface area contributed by atoms with Crippen molar-refractivity contribution >= 4 is 11.9 Å². The number of rotatable bonds is 22. The first kappa shape index (κ1) is 31.4. The molecule has 0 saturated heterocycles. The summed E-state index contributed by atoms with van der Waals surface area (Å²) in [7, 11) is 0. The largest absolute Gasteiger partial charge is 0.481 e. The Morgan fingerprint density at radius 2 is 1.17 bits per heavy atom. The summed E-state index contributed by atoms with van der Waals surface area (Å²) >= 11 is 0. The molecule has 0 bridgehead atoms. The summed E-state index contributed by atoms with van der Waals surface area (Å²) in [6.07, 6.45) is 30.1. The number of carboxylic acid groups (broad SMARTS) is 2. The molecular formula is C31H54O4. The van der Waals surface area contributed by atoms with E-state index in [2.05, 4.69) is 38.2 Å².